The van der Waals surface area contributed by atoms with Gasteiger partial charge in [0.15, 0.2) is 8.32 Å². The Balaban J connectivity index is 2.16. The standard InChI is InChI=1S/C22H35Cl3OSi/c1-6-27(7-2,8-3)26-20(11-9-10-16-14-22(4,5)15-16)21-18(24)12-17(23)13-19(21)25/h12-13,16,20H,6-11,14-15H2,1-5H3. The van der Waals surface area contributed by atoms with E-state index >= 15 is 0 Å². The van der Waals surface area contributed by atoms with Crippen molar-refractivity contribution >= 4 is 43.1 Å². The molecule has 0 amide bonds. The van der Waals surface area contributed by atoms with Crippen LogP contribution in [-0.2, 0) is 4.43 Å². The summed E-state index contributed by atoms with van der Waals surface area (Å²) in [6.07, 6.45) is 6.07. The van der Waals surface area contributed by atoms with Crippen molar-refractivity contribution in [2.24, 2.45) is 11.3 Å². The van der Waals surface area contributed by atoms with Gasteiger partial charge in [-0.1, -0.05) is 82.3 Å². The Morgan fingerprint density at radius 2 is 1.56 bits per heavy atom. The lowest BCUT2D eigenvalue weighted by Gasteiger charge is -2.43. The molecule has 2 rings (SSSR count). The maximum Gasteiger partial charge on any atom is 0.192 e. The summed E-state index contributed by atoms with van der Waals surface area (Å²) in [4.78, 5) is 0. The molecule has 0 saturated heterocycles. The van der Waals surface area contributed by atoms with Crippen molar-refractivity contribution in [1.82, 2.24) is 0 Å². The predicted octanol–water partition coefficient (Wildman–Crippen LogP) is 9.32. The van der Waals surface area contributed by atoms with Gasteiger partial charge in [-0.25, -0.2) is 0 Å². The highest BCUT2D eigenvalue weighted by Gasteiger charge is 2.37. The number of halogens is 3. The maximum atomic E-state index is 6.87. The van der Waals surface area contributed by atoms with Crippen LogP contribution in [0, 0.1) is 11.3 Å². The fourth-order valence-electron chi connectivity index (χ4n) is 4.72. The van der Waals surface area contributed by atoms with Gasteiger partial charge in [0, 0.05) is 20.6 Å². The van der Waals surface area contributed by atoms with Crippen molar-refractivity contribution in [3.63, 3.8) is 0 Å². The molecule has 1 aromatic carbocycles. The van der Waals surface area contributed by atoms with Crippen molar-refractivity contribution in [2.45, 2.75) is 91.0 Å². The molecule has 0 aromatic heterocycles. The molecule has 0 spiro atoms. The lowest BCUT2D eigenvalue weighted by atomic mass is 9.63. The molecule has 1 saturated carbocycles. The van der Waals surface area contributed by atoms with Crippen LogP contribution in [0.5, 0.6) is 0 Å². The molecule has 1 unspecified atom stereocenters. The Bertz CT molecular complexity index is 589. The molecule has 0 radical (unpaired) electrons. The van der Waals surface area contributed by atoms with Crippen LogP contribution in [0.15, 0.2) is 12.1 Å². The van der Waals surface area contributed by atoms with Crippen LogP contribution in [-0.4, -0.2) is 8.32 Å². The van der Waals surface area contributed by atoms with E-state index in [1.807, 2.05) is 0 Å². The Hall–Kier alpha value is 0.267. The Labute approximate surface area is 182 Å². The van der Waals surface area contributed by atoms with E-state index in [0.29, 0.717) is 20.5 Å². The van der Waals surface area contributed by atoms with Gasteiger partial charge in [0.1, 0.15) is 0 Å². The topological polar surface area (TPSA) is 9.23 Å². The van der Waals surface area contributed by atoms with E-state index < -0.39 is 8.32 Å². The minimum atomic E-state index is -1.77. The summed E-state index contributed by atoms with van der Waals surface area (Å²) in [7, 11) is -1.77. The third-order valence-corrected chi connectivity index (χ3v) is 11.9. The molecular formula is C22H35Cl3OSi. The number of benzene rings is 1. The molecule has 1 aliphatic carbocycles. The molecule has 1 nitrogen and oxygen atoms in total. The molecule has 1 atom stereocenters. The van der Waals surface area contributed by atoms with Crippen molar-refractivity contribution < 1.29 is 4.43 Å². The molecule has 0 aliphatic heterocycles. The first-order valence-electron chi connectivity index (χ1n) is 10.5. The summed E-state index contributed by atoms with van der Waals surface area (Å²) in [5, 5.41) is 1.84. The van der Waals surface area contributed by atoms with Crippen LogP contribution >= 0.6 is 34.8 Å². The minimum Gasteiger partial charge on any atom is -0.410 e. The van der Waals surface area contributed by atoms with Crippen LogP contribution in [0.1, 0.15) is 78.4 Å². The number of rotatable bonds is 10. The van der Waals surface area contributed by atoms with Crippen molar-refractivity contribution in [3.05, 3.63) is 32.8 Å². The van der Waals surface area contributed by atoms with Gasteiger partial charge in [0.2, 0.25) is 0 Å². The summed E-state index contributed by atoms with van der Waals surface area (Å²) in [5.74, 6) is 0.863. The van der Waals surface area contributed by atoms with Gasteiger partial charge in [-0.3, -0.25) is 0 Å². The van der Waals surface area contributed by atoms with Gasteiger partial charge in [-0.05, 0) is 60.9 Å². The largest absolute Gasteiger partial charge is 0.410 e. The maximum absolute atomic E-state index is 6.87. The van der Waals surface area contributed by atoms with E-state index in [9.17, 15) is 0 Å². The average Bonchev–Trinajstić information content (AvgIpc) is 2.56. The van der Waals surface area contributed by atoms with Gasteiger partial charge < -0.3 is 4.43 Å². The van der Waals surface area contributed by atoms with Crippen LogP contribution < -0.4 is 0 Å². The highest BCUT2D eigenvalue weighted by atomic mass is 35.5. The number of hydrogen-bond acceptors (Lipinski definition) is 1. The van der Waals surface area contributed by atoms with Gasteiger partial charge in [-0.15, -0.1) is 0 Å². The molecular weight excluding hydrogens is 415 g/mol. The second-order valence-electron chi connectivity index (χ2n) is 9.00. The molecule has 5 heteroatoms. The summed E-state index contributed by atoms with van der Waals surface area (Å²) in [6.45, 7) is 11.5. The zero-order chi connectivity index (χ0) is 20.2. The van der Waals surface area contributed by atoms with E-state index in [-0.39, 0.29) is 6.10 Å². The second-order valence-corrected chi connectivity index (χ2v) is 15.0. The SMILES string of the molecule is CC[Si](CC)(CC)OC(CCCC1CC(C)(C)C1)c1c(Cl)cc(Cl)cc1Cl. The predicted molar refractivity (Wildman–Crippen MR) is 123 cm³/mol. The Morgan fingerprint density at radius 3 is 2.00 bits per heavy atom. The molecule has 27 heavy (non-hydrogen) atoms. The lowest BCUT2D eigenvalue weighted by Crippen LogP contribution is -2.37. The average molecular weight is 450 g/mol. The highest BCUT2D eigenvalue weighted by molar-refractivity contribution is 6.73. The van der Waals surface area contributed by atoms with Crippen molar-refractivity contribution in [2.75, 3.05) is 0 Å². The quantitative estimate of drug-likeness (QED) is 0.323. The number of hydrogen-bond donors (Lipinski definition) is 0. The monoisotopic (exact) mass is 448 g/mol. The van der Waals surface area contributed by atoms with Gasteiger partial charge in [-0.2, -0.15) is 0 Å². The first kappa shape index (κ1) is 23.5. The molecule has 0 bridgehead atoms. The normalized spacial score (nSPS) is 18.4. The Morgan fingerprint density at radius 1 is 1.04 bits per heavy atom. The molecule has 154 valence electrons. The summed E-state index contributed by atoms with van der Waals surface area (Å²) in [6, 6.07) is 6.95. The van der Waals surface area contributed by atoms with E-state index in [1.54, 1.807) is 12.1 Å². The van der Waals surface area contributed by atoms with E-state index in [4.69, 9.17) is 39.2 Å². The highest BCUT2D eigenvalue weighted by Crippen LogP contribution is 2.48. The molecule has 1 fully saturated rings. The third-order valence-electron chi connectivity index (χ3n) is 6.45. The first-order valence-corrected chi connectivity index (χ1v) is 14.1. The fraction of sp³-hybridized carbons (Fsp3) is 0.727. The third kappa shape index (κ3) is 6.12. The zero-order valence-corrected chi connectivity index (χ0v) is 20.8. The summed E-state index contributed by atoms with van der Waals surface area (Å²) >= 11 is 19.3. The molecule has 1 aliphatic rings. The van der Waals surface area contributed by atoms with Crippen LogP contribution in [0.25, 0.3) is 0 Å². The smallest absolute Gasteiger partial charge is 0.192 e. The minimum absolute atomic E-state index is 0.0260. The van der Waals surface area contributed by atoms with Crippen LogP contribution in [0.3, 0.4) is 0 Å². The van der Waals surface area contributed by atoms with Crippen molar-refractivity contribution in [1.29, 1.82) is 0 Å². The van der Waals surface area contributed by atoms with E-state index in [1.165, 1.54) is 19.3 Å². The zero-order valence-electron chi connectivity index (χ0n) is 17.5. The summed E-state index contributed by atoms with van der Waals surface area (Å²) in [5.41, 5.74) is 1.47. The van der Waals surface area contributed by atoms with Crippen molar-refractivity contribution in [3.8, 4) is 0 Å². The van der Waals surface area contributed by atoms with Gasteiger partial charge in [0.25, 0.3) is 0 Å². The Kier molecular flexibility index (Phi) is 8.59. The van der Waals surface area contributed by atoms with E-state index in [2.05, 4.69) is 34.6 Å². The molecule has 1 aromatic rings. The second kappa shape index (κ2) is 9.85. The molecule has 0 N–H and O–H groups in total. The van der Waals surface area contributed by atoms with Gasteiger partial charge >= 0.3 is 0 Å². The first-order chi connectivity index (χ1) is 12.6. The lowest BCUT2D eigenvalue weighted by molar-refractivity contribution is 0.0828. The van der Waals surface area contributed by atoms with Crippen LogP contribution in [0.4, 0.5) is 0 Å². The van der Waals surface area contributed by atoms with Gasteiger partial charge in [0.05, 0.1) is 6.10 Å². The molecule has 0 heterocycles. The van der Waals surface area contributed by atoms with E-state index in [0.717, 1.165) is 42.5 Å². The fourth-order valence-corrected chi connectivity index (χ4v) is 8.62. The summed E-state index contributed by atoms with van der Waals surface area (Å²) < 4.78 is 6.87. The van der Waals surface area contributed by atoms with Crippen LogP contribution in [0.2, 0.25) is 33.2 Å².